The van der Waals surface area contributed by atoms with Crippen LogP contribution in [0.15, 0.2) is 60.8 Å². The standard InChI is InChI=1S/C38H68NO7P/c1-3-5-7-8-9-10-11-12-13-14-15-16-17-18-19-20-21-22-23-24-25-26-27-28-29-30-33-43-35-37(46-38(40)31-6-4-2)36-45-47(41,42)44-34-32-39/h5,7,9-10,12-13,15-16,18-19,37H,3-4,6,8,11,14,17,20-36,39H2,1-2H3,(H,41,42)/b7-5-,10-9-,13-12-,16-15-,19-18-. The van der Waals surface area contributed by atoms with Crippen molar-refractivity contribution in [3.8, 4) is 0 Å². The summed E-state index contributed by atoms with van der Waals surface area (Å²) in [6.45, 7) is 4.52. The van der Waals surface area contributed by atoms with Gasteiger partial charge in [0.25, 0.3) is 0 Å². The molecule has 0 saturated carbocycles. The molecule has 0 radical (unpaired) electrons. The molecule has 0 aromatic rings. The van der Waals surface area contributed by atoms with Gasteiger partial charge in [-0.15, -0.1) is 0 Å². The number of esters is 1. The van der Waals surface area contributed by atoms with E-state index in [0.717, 1.165) is 57.8 Å². The number of allylic oxidation sites excluding steroid dienone is 10. The molecule has 8 nitrogen and oxygen atoms in total. The molecule has 0 bridgehead atoms. The molecule has 47 heavy (non-hydrogen) atoms. The predicted molar refractivity (Wildman–Crippen MR) is 196 cm³/mol. The second-order valence-corrected chi connectivity index (χ2v) is 13.2. The predicted octanol–water partition coefficient (Wildman–Crippen LogP) is 10.2. The lowest BCUT2D eigenvalue weighted by molar-refractivity contribution is -0.154. The molecule has 0 spiro atoms. The molecule has 0 amide bonds. The van der Waals surface area contributed by atoms with E-state index in [0.29, 0.717) is 13.0 Å². The summed E-state index contributed by atoms with van der Waals surface area (Å²) in [7, 11) is -4.25. The zero-order valence-corrected chi connectivity index (χ0v) is 30.6. The van der Waals surface area contributed by atoms with E-state index in [1.54, 1.807) is 0 Å². The van der Waals surface area contributed by atoms with Crippen molar-refractivity contribution in [2.45, 2.75) is 142 Å². The van der Waals surface area contributed by atoms with Crippen molar-refractivity contribution in [3.05, 3.63) is 60.8 Å². The van der Waals surface area contributed by atoms with Gasteiger partial charge in [-0.25, -0.2) is 4.57 Å². The van der Waals surface area contributed by atoms with Gasteiger partial charge >= 0.3 is 13.8 Å². The second kappa shape index (κ2) is 35.5. The minimum Gasteiger partial charge on any atom is -0.457 e. The fourth-order valence-electron chi connectivity index (χ4n) is 4.53. The number of carbonyl (C=O) groups excluding carboxylic acids is 1. The quantitative estimate of drug-likeness (QED) is 0.0298. The van der Waals surface area contributed by atoms with Gasteiger partial charge in [-0.3, -0.25) is 13.8 Å². The summed E-state index contributed by atoms with van der Waals surface area (Å²) in [5.41, 5.74) is 5.30. The first kappa shape index (κ1) is 45.2. The highest BCUT2D eigenvalue weighted by molar-refractivity contribution is 7.47. The van der Waals surface area contributed by atoms with Crippen molar-refractivity contribution in [3.63, 3.8) is 0 Å². The number of rotatable bonds is 34. The van der Waals surface area contributed by atoms with Crippen LogP contribution in [0.5, 0.6) is 0 Å². The fraction of sp³-hybridized carbons (Fsp3) is 0.711. The van der Waals surface area contributed by atoms with E-state index in [1.807, 2.05) is 6.92 Å². The van der Waals surface area contributed by atoms with Crippen LogP contribution in [-0.2, 0) is 27.9 Å². The molecule has 0 aromatic heterocycles. The summed E-state index contributed by atoms with van der Waals surface area (Å²) in [4.78, 5) is 21.8. The Morgan fingerprint density at radius 1 is 0.660 bits per heavy atom. The Hall–Kier alpha value is -1.80. The number of ether oxygens (including phenoxy) is 2. The zero-order chi connectivity index (χ0) is 34.5. The lowest BCUT2D eigenvalue weighted by Gasteiger charge is -2.20. The third kappa shape index (κ3) is 35.3. The summed E-state index contributed by atoms with van der Waals surface area (Å²) in [6, 6.07) is 0. The average Bonchev–Trinajstić information content (AvgIpc) is 3.06. The van der Waals surface area contributed by atoms with Gasteiger partial charge in [0.05, 0.1) is 19.8 Å². The van der Waals surface area contributed by atoms with Crippen LogP contribution in [0.25, 0.3) is 0 Å². The van der Waals surface area contributed by atoms with Crippen LogP contribution in [-0.4, -0.2) is 49.9 Å². The molecule has 0 saturated heterocycles. The molecular weight excluding hydrogens is 613 g/mol. The van der Waals surface area contributed by atoms with E-state index in [1.165, 1.54) is 57.8 Å². The minimum absolute atomic E-state index is 0.0967. The Bertz CT molecular complexity index is 900. The Balaban J connectivity index is 3.73. The van der Waals surface area contributed by atoms with Crippen LogP contribution in [0.2, 0.25) is 0 Å². The maximum absolute atomic E-state index is 12.0. The molecule has 3 N–H and O–H groups in total. The maximum atomic E-state index is 12.0. The van der Waals surface area contributed by atoms with Crippen LogP contribution in [0.3, 0.4) is 0 Å². The number of phosphoric acid groups is 1. The van der Waals surface area contributed by atoms with Crippen LogP contribution >= 0.6 is 7.82 Å². The van der Waals surface area contributed by atoms with Gasteiger partial charge in [-0.2, -0.15) is 0 Å². The monoisotopic (exact) mass is 681 g/mol. The van der Waals surface area contributed by atoms with Crippen LogP contribution in [0.4, 0.5) is 0 Å². The smallest absolute Gasteiger partial charge is 0.457 e. The largest absolute Gasteiger partial charge is 0.472 e. The molecule has 0 heterocycles. The van der Waals surface area contributed by atoms with E-state index in [-0.39, 0.29) is 32.3 Å². The third-order valence-electron chi connectivity index (χ3n) is 7.20. The van der Waals surface area contributed by atoms with Gasteiger partial charge in [0, 0.05) is 19.6 Å². The molecule has 0 aliphatic heterocycles. The van der Waals surface area contributed by atoms with Crippen LogP contribution < -0.4 is 5.73 Å². The highest BCUT2D eigenvalue weighted by Gasteiger charge is 2.25. The number of nitrogens with two attached hydrogens (primary N) is 1. The van der Waals surface area contributed by atoms with Gasteiger partial charge in [-0.1, -0.05) is 132 Å². The summed E-state index contributed by atoms with van der Waals surface area (Å²) >= 11 is 0. The molecule has 272 valence electrons. The third-order valence-corrected chi connectivity index (χ3v) is 8.18. The maximum Gasteiger partial charge on any atom is 0.472 e. The second-order valence-electron chi connectivity index (χ2n) is 11.7. The lowest BCUT2D eigenvalue weighted by atomic mass is 10.1. The average molecular weight is 682 g/mol. The SMILES string of the molecule is CC/C=C\C/C=C\C/C=C\C/C=C\C/C=C\CCCCCCCCCCCCOCC(COP(=O)(O)OCCN)OC(=O)CCCC. The Labute approximate surface area is 287 Å². The fourth-order valence-corrected chi connectivity index (χ4v) is 5.29. The first-order chi connectivity index (χ1) is 22.9. The Morgan fingerprint density at radius 3 is 1.70 bits per heavy atom. The van der Waals surface area contributed by atoms with Crippen LogP contribution in [0.1, 0.15) is 136 Å². The number of phosphoric ester groups is 1. The highest BCUT2D eigenvalue weighted by atomic mass is 31.2. The van der Waals surface area contributed by atoms with Crippen molar-refractivity contribution in [1.29, 1.82) is 0 Å². The summed E-state index contributed by atoms with van der Waals surface area (Å²) in [6.07, 6.45) is 42.1. The highest BCUT2D eigenvalue weighted by Crippen LogP contribution is 2.43. The lowest BCUT2D eigenvalue weighted by Crippen LogP contribution is -2.28. The first-order valence-corrected chi connectivity index (χ1v) is 19.8. The van der Waals surface area contributed by atoms with Gasteiger partial charge < -0.3 is 20.1 Å². The minimum atomic E-state index is -4.25. The number of unbranched alkanes of at least 4 members (excludes halogenated alkanes) is 11. The molecule has 2 atom stereocenters. The number of carbonyl (C=O) groups is 1. The van der Waals surface area contributed by atoms with Gasteiger partial charge in [0.2, 0.25) is 0 Å². The topological polar surface area (TPSA) is 117 Å². The van der Waals surface area contributed by atoms with Crippen molar-refractivity contribution in [2.24, 2.45) is 5.73 Å². The van der Waals surface area contributed by atoms with E-state index < -0.39 is 13.9 Å². The van der Waals surface area contributed by atoms with Gasteiger partial charge in [-0.05, 0) is 57.8 Å². The van der Waals surface area contributed by atoms with E-state index in [9.17, 15) is 14.3 Å². The van der Waals surface area contributed by atoms with Crippen LogP contribution in [0, 0.1) is 0 Å². The summed E-state index contributed by atoms with van der Waals surface area (Å²) in [5.74, 6) is -0.370. The Kier molecular flexibility index (Phi) is 34.1. The molecule has 0 aliphatic carbocycles. The van der Waals surface area contributed by atoms with Crippen molar-refractivity contribution >= 4 is 13.8 Å². The molecule has 0 aromatic carbocycles. The van der Waals surface area contributed by atoms with Crippen molar-refractivity contribution in [2.75, 3.05) is 33.0 Å². The molecule has 0 fully saturated rings. The normalized spacial score (nSPS) is 14.4. The molecule has 0 aliphatic rings. The van der Waals surface area contributed by atoms with Gasteiger partial charge in [0.1, 0.15) is 6.10 Å². The van der Waals surface area contributed by atoms with Crippen molar-refractivity contribution in [1.82, 2.24) is 0 Å². The molecule has 2 unspecified atom stereocenters. The number of hydrogen-bond acceptors (Lipinski definition) is 7. The van der Waals surface area contributed by atoms with E-state index in [2.05, 4.69) is 67.7 Å². The summed E-state index contributed by atoms with van der Waals surface area (Å²) in [5, 5.41) is 0. The zero-order valence-electron chi connectivity index (χ0n) is 29.7. The molecule has 0 rings (SSSR count). The van der Waals surface area contributed by atoms with Gasteiger partial charge in [0.15, 0.2) is 0 Å². The Morgan fingerprint density at radius 2 is 1.17 bits per heavy atom. The molecule has 9 heteroatoms. The van der Waals surface area contributed by atoms with E-state index in [4.69, 9.17) is 24.3 Å². The summed E-state index contributed by atoms with van der Waals surface area (Å²) < 4.78 is 32.7. The molecular formula is C38H68NO7P. The van der Waals surface area contributed by atoms with Crippen molar-refractivity contribution < 1.29 is 32.8 Å². The number of hydrogen-bond donors (Lipinski definition) is 2. The first-order valence-electron chi connectivity index (χ1n) is 18.3. The van der Waals surface area contributed by atoms with E-state index >= 15 is 0 Å².